The third kappa shape index (κ3) is 7.63. The molecule has 2 N–H and O–H groups in total. The maximum absolute atomic E-state index is 13.5. The molecule has 31 heavy (non-hydrogen) atoms. The Kier molecular flexibility index (Phi) is 9.10. The molecule has 2 aromatic rings. The average Bonchev–Trinajstić information content (AvgIpc) is 2.66. The van der Waals surface area contributed by atoms with E-state index in [1.165, 1.54) is 9.21 Å². The summed E-state index contributed by atoms with van der Waals surface area (Å²) < 4.78 is 28.4. The van der Waals surface area contributed by atoms with E-state index in [0.29, 0.717) is 24.1 Å². The van der Waals surface area contributed by atoms with Crippen molar-refractivity contribution in [1.82, 2.24) is 0 Å². The first-order valence-corrected chi connectivity index (χ1v) is 12.6. The number of aliphatic hydroxyl groups excluding tert-OH is 1. The highest BCUT2D eigenvalue weighted by molar-refractivity contribution is 7.92. The van der Waals surface area contributed by atoms with Gasteiger partial charge in [0.25, 0.3) is 10.0 Å². The first kappa shape index (κ1) is 25.4. The number of benzene rings is 2. The van der Waals surface area contributed by atoms with E-state index >= 15 is 0 Å². The van der Waals surface area contributed by atoms with Crippen LogP contribution in [0.5, 0.6) is 0 Å². The van der Waals surface area contributed by atoms with Crippen molar-refractivity contribution in [2.24, 2.45) is 11.8 Å². The molecule has 2 aromatic carbocycles. The maximum Gasteiger partial charge on any atom is 0.264 e. The molecule has 0 heterocycles. The Morgan fingerprint density at radius 1 is 0.806 bits per heavy atom. The van der Waals surface area contributed by atoms with Crippen molar-refractivity contribution < 1.29 is 18.4 Å². The molecule has 0 amide bonds. The van der Waals surface area contributed by atoms with Crippen LogP contribution in [0.15, 0.2) is 53.4 Å². The highest BCUT2D eigenvalue weighted by Gasteiger charge is 2.29. The maximum atomic E-state index is 13.5. The second-order valence-corrected chi connectivity index (χ2v) is 11.4. The molecule has 0 unspecified atom stereocenters. The standard InChI is InChI=1S/C25H38N2O3S/c1-19(2)15-26(16-20(3)4)17-24(28)18-27(23-11-7-21(5)8-12-23)31(29,30)25-13-9-22(6)10-14-25/h7-14,19-20,24,28H,15-18H2,1-6H3/p+1/t24-/m0/s1. The molecule has 0 aromatic heterocycles. The van der Waals surface area contributed by atoms with Crippen LogP contribution in [-0.2, 0) is 10.0 Å². The molecule has 6 heteroatoms. The van der Waals surface area contributed by atoms with Crippen LogP contribution in [0.1, 0.15) is 38.8 Å². The van der Waals surface area contributed by atoms with Gasteiger partial charge in [0, 0.05) is 11.8 Å². The molecular formula is C25H39N2O3S+. The van der Waals surface area contributed by atoms with E-state index in [0.717, 1.165) is 24.2 Å². The van der Waals surface area contributed by atoms with Gasteiger partial charge < -0.3 is 10.0 Å². The van der Waals surface area contributed by atoms with Gasteiger partial charge in [0.05, 0.1) is 30.2 Å². The predicted octanol–water partition coefficient (Wildman–Crippen LogP) is 3.06. The van der Waals surface area contributed by atoms with E-state index < -0.39 is 16.1 Å². The quantitative estimate of drug-likeness (QED) is 0.557. The molecule has 1 atom stereocenters. The predicted molar refractivity (Wildman–Crippen MR) is 128 cm³/mol. The number of aryl methyl sites for hydroxylation is 2. The summed E-state index contributed by atoms with van der Waals surface area (Å²) in [6.07, 6.45) is -0.769. The number of hydrogen-bond donors (Lipinski definition) is 2. The highest BCUT2D eigenvalue weighted by atomic mass is 32.2. The van der Waals surface area contributed by atoms with Gasteiger partial charge in [-0.2, -0.15) is 0 Å². The van der Waals surface area contributed by atoms with Gasteiger partial charge >= 0.3 is 0 Å². The fraction of sp³-hybridized carbons (Fsp3) is 0.520. The molecule has 5 nitrogen and oxygen atoms in total. The van der Waals surface area contributed by atoms with Gasteiger partial charge in [-0.15, -0.1) is 0 Å². The van der Waals surface area contributed by atoms with Crippen molar-refractivity contribution in [2.75, 3.05) is 30.5 Å². The van der Waals surface area contributed by atoms with E-state index in [1.54, 1.807) is 36.4 Å². The van der Waals surface area contributed by atoms with Crippen LogP contribution in [-0.4, -0.2) is 45.8 Å². The van der Waals surface area contributed by atoms with E-state index in [2.05, 4.69) is 27.7 Å². The first-order chi connectivity index (χ1) is 14.5. The average molecular weight is 448 g/mol. The summed E-state index contributed by atoms with van der Waals surface area (Å²) in [4.78, 5) is 1.54. The minimum Gasteiger partial charge on any atom is -0.385 e. The molecule has 0 bridgehead atoms. The summed E-state index contributed by atoms with van der Waals surface area (Å²) in [5.74, 6) is 1.01. The Morgan fingerprint density at radius 3 is 1.71 bits per heavy atom. The van der Waals surface area contributed by atoms with Gasteiger partial charge in [-0.05, 0) is 38.1 Å². The van der Waals surface area contributed by atoms with Crippen molar-refractivity contribution in [3.05, 3.63) is 59.7 Å². The lowest BCUT2D eigenvalue weighted by Gasteiger charge is -2.30. The van der Waals surface area contributed by atoms with Gasteiger partial charge in [-0.25, -0.2) is 8.42 Å². The molecule has 0 aliphatic carbocycles. The van der Waals surface area contributed by atoms with E-state index in [4.69, 9.17) is 0 Å². The molecule has 0 radical (unpaired) electrons. The smallest absolute Gasteiger partial charge is 0.264 e. The molecule has 0 aliphatic heterocycles. The molecule has 0 saturated carbocycles. The lowest BCUT2D eigenvalue weighted by molar-refractivity contribution is -0.909. The van der Waals surface area contributed by atoms with Crippen molar-refractivity contribution >= 4 is 15.7 Å². The molecule has 0 fully saturated rings. The normalized spacial score (nSPS) is 13.2. The molecule has 0 saturated heterocycles. The zero-order valence-corrected chi connectivity index (χ0v) is 20.6. The number of aliphatic hydroxyl groups is 1. The van der Waals surface area contributed by atoms with Gasteiger partial charge in [0.1, 0.15) is 12.6 Å². The van der Waals surface area contributed by atoms with E-state index in [-0.39, 0.29) is 11.4 Å². The van der Waals surface area contributed by atoms with E-state index in [9.17, 15) is 13.5 Å². The molecule has 0 spiro atoms. The van der Waals surface area contributed by atoms with Gasteiger partial charge in [-0.3, -0.25) is 4.31 Å². The number of sulfonamides is 1. The summed E-state index contributed by atoms with van der Waals surface area (Å²) in [5, 5.41) is 11.0. The minimum atomic E-state index is -3.80. The third-order valence-electron chi connectivity index (χ3n) is 5.23. The van der Waals surface area contributed by atoms with Crippen molar-refractivity contribution in [3.63, 3.8) is 0 Å². The largest absolute Gasteiger partial charge is 0.385 e. The Balaban J connectivity index is 2.32. The zero-order chi connectivity index (χ0) is 23.2. The van der Waals surface area contributed by atoms with E-state index in [1.807, 2.05) is 26.0 Å². The molecule has 0 aliphatic rings. The van der Waals surface area contributed by atoms with Crippen molar-refractivity contribution in [1.29, 1.82) is 0 Å². The molecular weight excluding hydrogens is 408 g/mol. The second kappa shape index (κ2) is 11.1. The number of nitrogens with one attached hydrogen (secondary N) is 1. The minimum absolute atomic E-state index is 0.0267. The zero-order valence-electron chi connectivity index (χ0n) is 19.8. The third-order valence-corrected chi connectivity index (χ3v) is 7.03. The van der Waals surface area contributed by atoms with Gasteiger partial charge in [-0.1, -0.05) is 63.1 Å². The number of quaternary nitrogens is 1. The molecule has 172 valence electrons. The van der Waals surface area contributed by atoms with Crippen LogP contribution in [0, 0.1) is 25.7 Å². The van der Waals surface area contributed by atoms with Crippen molar-refractivity contribution in [2.45, 2.75) is 52.5 Å². The van der Waals surface area contributed by atoms with Crippen LogP contribution in [0.3, 0.4) is 0 Å². The Bertz CT molecular complexity index is 897. The van der Waals surface area contributed by atoms with Crippen LogP contribution >= 0.6 is 0 Å². The Hall–Kier alpha value is -1.89. The summed E-state index contributed by atoms with van der Waals surface area (Å²) in [7, 11) is -3.80. The molecule has 2 rings (SSSR count). The van der Waals surface area contributed by atoms with Crippen LogP contribution in [0.2, 0.25) is 0 Å². The summed E-state index contributed by atoms with van der Waals surface area (Å²) in [6, 6.07) is 14.3. The lowest BCUT2D eigenvalue weighted by Crippen LogP contribution is -3.14. The van der Waals surface area contributed by atoms with Crippen LogP contribution < -0.4 is 9.21 Å². The first-order valence-electron chi connectivity index (χ1n) is 11.2. The topological polar surface area (TPSA) is 62.1 Å². The number of hydrogen-bond acceptors (Lipinski definition) is 3. The fourth-order valence-electron chi connectivity index (χ4n) is 3.88. The summed E-state index contributed by atoms with van der Waals surface area (Å²) in [5.41, 5.74) is 2.63. The van der Waals surface area contributed by atoms with Crippen molar-refractivity contribution in [3.8, 4) is 0 Å². The number of nitrogens with zero attached hydrogens (tertiary/aromatic N) is 1. The highest BCUT2D eigenvalue weighted by Crippen LogP contribution is 2.24. The monoisotopic (exact) mass is 447 g/mol. The lowest BCUT2D eigenvalue weighted by atomic mass is 10.1. The van der Waals surface area contributed by atoms with Gasteiger partial charge in [0.15, 0.2) is 0 Å². The van der Waals surface area contributed by atoms with Crippen LogP contribution in [0.4, 0.5) is 5.69 Å². The number of rotatable bonds is 11. The SMILES string of the molecule is Cc1ccc(N(C[C@@H](O)C[NH+](CC(C)C)CC(C)C)S(=O)(=O)c2ccc(C)cc2)cc1. The van der Waals surface area contributed by atoms with Crippen LogP contribution in [0.25, 0.3) is 0 Å². The fourth-order valence-corrected chi connectivity index (χ4v) is 5.39. The summed E-state index contributed by atoms with van der Waals surface area (Å²) in [6.45, 7) is 15.0. The summed E-state index contributed by atoms with van der Waals surface area (Å²) >= 11 is 0. The number of anilines is 1. The second-order valence-electron chi connectivity index (χ2n) is 9.49. The van der Waals surface area contributed by atoms with Gasteiger partial charge in [0.2, 0.25) is 0 Å². The Morgan fingerprint density at radius 2 is 1.26 bits per heavy atom. The Labute approximate surface area is 188 Å².